The summed E-state index contributed by atoms with van der Waals surface area (Å²) < 4.78 is 19.7. The third kappa shape index (κ3) is 9.08. The molecule has 4 amide bonds. The Morgan fingerprint density at radius 2 is 1.79 bits per heavy atom. The molecule has 0 saturated heterocycles. The molecule has 1 atom stereocenters. The number of aliphatic hydroxyl groups excluding tert-OH is 1. The molecule has 11 heteroatoms. The third-order valence-electron chi connectivity index (χ3n) is 8.32. The minimum Gasteiger partial charge on any atom is -0.468 e. The lowest BCUT2D eigenvalue weighted by Crippen LogP contribution is -2.50. The number of rotatable bonds is 13. The molecule has 1 aliphatic heterocycles. The van der Waals surface area contributed by atoms with E-state index in [1.165, 1.54) is 12.1 Å². The quantitative estimate of drug-likeness (QED) is 0.141. The summed E-state index contributed by atoms with van der Waals surface area (Å²) >= 11 is 0. The molecule has 3 aromatic carbocycles. The fourth-order valence-corrected chi connectivity index (χ4v) is 5.83. The summed E-state index contributed by atoms with van der Waals surface area (Å²) in [5, 5.41) is 20.6. The molecule has 48 heavy (non-hydrogen) atoms. The van der Waals surface area contributed by atoms with Crippen molar-refractivity contribution in [3.63, 3.8) is 0 Å². The molecule has 0 aliphatic carbocycles. The second-order valence-electron chi connectivity index (χ2n) is 12.5. The van der Waals surface area contributed by atoms with Crippen LogP contribution in [-0.2, 0) is 35.6 Å². The molecule has 252 valence electrons. The number of halogens is 1. The highest BCUT2D eigenvalue weighted by Crippen LogP contribution is 2.31. The first-order valence-electron chi connectivity index (χ1n) is 16.1. The van der Waals surface area contributed by atoms with Gasteiger partial charge in [-0.2, -0.15) is 0 Å². The van der Waals surface area contributed by atoms with E-state index in [2.05, 4.69) is 21.3 Å². The number of urea groups is 1. The second kappa shape index (κ2) is 15.7. The van der Waals surface area contributed by atoms with Gasteiger partial charge in [-0.05, 0) is 84.8 Å². The zero-order valence-electron chi connectivity index (χ0n) is 27.2. The first kappa shape index (κ1) is 34.3. The minimum absolute atomic E-state index is 0.138. The van der Waals surface area contributed by atoms with Crippen LogP contribution in [-0.4, -0.2) is 47.7 Å². The zero-order chi connectivity index (χ0) is 34.1. The monoisotopic (exact) mass is 655 g/mol. The molecule has 0 saturated carbocycles. The van der Waals surface area contributed by atoms with Crippen molar-refractivity contribution in [2.24, 2.45) is 0 Å². The van der Waals surface area contributed by atoms with Crippen LogP contribution in [0.15, 0.2) is 89.5 Å². The van der Waals surface area contributed by atoms with Gasteiger partial charge in [0.1, 0.15) is 17.6 Å². The van der Waals surface area contributed by atoms with Crippen LogP contribution in [0.25, 0.3) is 11.1 Å². The highest BCUT2D eigenvalue weighted by molar-refractivity contribution is 6.00. The van der Waals surface area contributed by atoms with Gasteiger partial charge in [-0.25, -0.2) is 9.18 Å². The largest absolute Gasteiger partial charge is 0.468 e. The number of aryl methyl sites for hydroxylation is 1. The van der Waals surface area contributed by atoms with Crippen molar-refractivity contribution < 1.29 is 28.3 Å². The Bertz CT molecular complexity index is 1710. The van der Waals surface area contributed by atoms with Gasteiger partial charge < -0.3 is 35.7 Å². The Morgan fingerprint density at radius 3 is 2.54 bits per heavy atom. The van der Waals surface area contributed by atoms with Crippen LogP contribution in [0.5, 0.6) is 0 Å². The van der Waals surface area contributed by atoms with Crippen molar-refractivity contribution in [2.75, 3.05) is 18.1 Å². The number of hydrogen-bond donors (Lipinski definition) is 5. The van der Waals surface area contributed by atoms with Crippen LogP contribution in [0.3, 0.4) is 0 Å². The average molecular weight is 656 g/mol. The third-order valence-corrected chi connectivity index (χ3v) is 8.32. The summed E-state index contributed by atoms with van der Waals surface area (Å²) in [7, 11) is 0. The summed E-state index contributed by atoms with van der Waals surface area (Å²) in [6, 6.07) is 22.5. The number of anilines is 1. The van der Waals surface area contributed by atoms with Gasteiger partial charge in [-0.3, -0.25) is 9.59 Å². The molecular weight excluding hydrogens is 613 g/mol. The normalized spacial score (nSPS) is 14.6. The predicted molar refractivity (Wildman–Crippen MR) is 181 cm³/mol. The van der Waals surface area contributed by atoms with Crippen molar-refractivity contribution in [1.29, 1.82) is 0 Å². The van der Waals surface area contributed by atoms with Crippen LogP contribution in [0.4, 0.5) is 14.9 Å². The van der Waals surface area contributed by atoms with Crippen LogP contribution in [0, 0.1) is 5.82 Å². The van der Waals surface area contributed by atoms with E-state index in [0.717, 1.165) is 28.0 Å². The maximum absolute atomic E-state index is 14.3. The Kier molecular flexibility index (Phi) is 11.3. The SMILES string of the molecule is CC(C)(CC(=O)N[C@@H]1CCc2cc(F)ccc2N(Cc2ccc(-c3ccccc3CNC(=O)NCCO)cc2)C1=O)NCc1ccco1. The molecule has 0 radical (unpaired) electrons. The maximum Gasteiger partial charge on any atom is 0.315 e. The van der Waals surface area contributed by atoms with E-state index in [9.17, 15) is 18.8 Å². The summed E-state index contributed by atoms with van der Waals surface area (Å²) in [5.74, 6) is -0.131. The predicted octanol–water partition coefficient (Wildman–Crippen LogP) is 4.80. The first-order valence-corrected chi connectivity index (χ1v) is 16.1. The van der Waals surface area contributed by atoms with Crippen molar-refractivity contribution in [3.8, 4) is 11.1 Å². The van der Waals surface area contributed by atoms with E-state index in [4.69, 9.17) is 9.52 Å². The van der Waals surface area contributed by atoms with Gasteiger partial charge in [0.15, 0.2) is 0 Å². The van der Waals surface area contributed by atoms with Crippen LogP contribution >= 0.6 is 0 Å². The average Bonchev–Trinajstić information content (AvgIpc) is 3.57. The van der Waals surface area contributed by atoms with E-state index in [0.29, 0.717) is 37.2 Å². The van der Waals surface area contributed by atoms with Gasteiger partial charge in [0, 0.05) is 30.7 Å². The number of carbonyl (C=O) groups is 3. The van der Waals surface area contributed by atoms with E-state index < -0.39 is 11.6 Å². The molecule has 10 nitrogen and oxygen atoms in total. The fraction of sp³-hybridized carbons (Fsp3) is 0.324. The molecule has 2 heterocycles. The number of nitrogens with zero attached hydrogens (tertiary/aromatic N) is 1. The van der Waals surface area contributed by atoms with Crippen LogP contribution in [0.1, 0.15) is 49.1 Å². The van der Waals surface area contributed by atoms with Gasteiger partial charge in [0.05, 0.1) is 26.0 Å². The number of furan rings is 1. The smallest absolute Gasteiger partial charge is 0.315 e. The lowest BCUT2D eigenvalue weighted by atomic mass is 9.98. The molecule has 1 aliphatic rings. The van der Waals surface area contributed by atoms with E-state index in [1.807, 2.05) is 74.5 Å². The van der Waals surface area contributed by atoms with Gasteiger partial charge >= 0.3 is 6.03 Å². The summed E-state index contributed by atoms with van der Waals surface area (Å²) in [6.07, 6.45) is 2.52. The van der Waals surface area contributed by atoms with Gasteiger partial charge in [0.25, 0.3) is 0 Å². The highest BCUT2D eigenvalue weighted by Gasteiger charge is 2.33. The Balaban J connectivity index is 1.29. The summed E-state index contributed by atoms with van der Waals surface area (Å²) in [6.45, 7) is 4.87. The molecular formula is C37H42FN5O5. The number of nitrogens with one attached hydrogen (secondary N) is 4. The van der Waals surface area contributed by atoms with Crippen molar-refractivity contribution >= 4 is 23.5 Å². The van der Waals surface area contributed by atoms with E-state index in [-0.39, 0.29) is 49.8 Å². The molecule has 0 fully saturated rings. The fourth-order valence-electron chi connectivity index (χ4n) is 5.83. The topological polar surface area (TPSA) is 136 Å². The number of fused-ring (bicyclic) bond motifs is 1. The van der Waals surface area contributed by atoms with Gasteiger partial charge in [-0.15, -0.1) is 0 Å². The molecule has 4 aromatic rings. The molecule has 1 aromatic heterocycles. The van der Waals surface area contributed by atoms with Gasteiger partial charge in [-0.1, -0.05) is 48.5 Å². The van der Waals surface area contributed by atoms with Crippen molar-refractivity contribution in [2.45, 2.75) is 64.3 Å². The number of aliphatic hydroxyl groups is 1. The molecule has 0 spiro atoms. The van der Waals surface area contributed by atoms with Crippen molar-refractivity contribution in [3.05, 3.63) is 113 Å². The Morgan fingerprint density at radius 1 is 1.00 bits per heavy atom. The lowest BCUT2D eigenvalue weighted by molar-refractivity contribution is -0.128. The molecule has 5 N–H and O–H groups in total. The Hall–Kier alpha value is -5.00. The van der Waals surface area contributed by atoms with Crippen LogP contribution < -0.4 is 26.2 Å². The molecule has 0 unspecified atom stereocenters. The number of hydrogen-bond acceptors (Lipinski definition) is 6. The Labute approximate surface area is 279 Å². The standard InChI is InChI=1S/C37H42FN5O5/c1-37(2,41-23-30-7-5-19-48-30)21-34(45)42-32-15-13-27-20-29(38)14-16-33(27)43(35(32)46)24-25-9-11-26(12-10-25)31-8-4-3-6-28(31)22-40-36(47)39-17-18-44/h3-12,14,16,19-20,32,41,44H,13,15,17-18,21-24H2,1-2H3,(H,42,45)(H2,39,40,47)/t32-/m1/s1. The zero-order valence-corrected chi connectivity index (χ0v) is 27.2. The number of benzene rings is 3. The van der Waals surface area contributed by atoms with Crippen molar-refractivity contribution in [1.82, 2.24) is 21.3 Å². The number of carbonyl (C=O) groups excluding carboxylic acids is 3. The van der Waals surface area contributed by atoms with E-state index >= 15 is 0 Å². The minimum atomic E-state index is -0.776. The first-order chi connectivity index (χ1) is 23.1. The molecule has 0 bridgehead atoms. The van der Waals surface area contributed by atoms with E-state index in [1.54, 1.807) is 17.2 Å². The maximum atomic E-state index is 14.3. The second-order valence-corrected chi connectivity index (χ2v) is 12.5. The van der Waals surface area contributed by atoms with Gasteiger partial charge in [0.2, 0.25) is 11.8 Å². The molecule has 5 rings (SSSR count). The number of amides is 4. The summed E-state index contributed by atoms with van der Waals surface area (Å²) in [4.78, 5) is 40.9. The van der Waals surface area contributed by atoms with Crippen LogP contribution in [0.2, 0.25) is 0 Å². The summed E-state index contributed by atoms with van der Waals surface area (Å²) in [5.41, 5.74) is 4.43. The lowest BCUT2D eigenvalue weighted by Gasteiger charge is -2.29. The highest BCUT2D eigenvalue weighted by atomic mass is 19.1.